The summed E-state index contributed by atoms with van der Waals surface area (Å²) in [4.78, 5) is 2.63. The molecule has 0 aliphatic carbocycles. The number of likely N-dealkylation sites (tertiary alicyclic amines) is 1. The van der Waals surface area contributed by atoms with Crippen molar-refractivity contribution in [3.05, 3.63) is 28.2 Å². The standard InChI is InChI=1S/C17H27BrN2O/c1-12(2)20-9-5-6-13(11-19-3)17(20)15-10-14(21-4)7-8-16(15)18/h7-8,10,12-13,17,19H,5-6,9,11H2,1-4H3. The molecule has 0 spiro atoms. The van der Waals surface area contributed by atoms with Gasteiger partial charge in [-0.2, -0.15) is 0 Å². The minimum atomic E-state index is 0.440. The quantitative estimate of drug-likeness (QED) is 0.869. The first-order valence-electron chi connectivity index (χ1n) is 7.82. The smallest absolute Gasteiger partial charge is 0.119 e. The summed E-state index contributed by atoms with van der Waals surface area (Å²) in [6, 6.07) is 7.31. The summed E-state index contributed by atoms with van der Waals surface area (Å²) in [7, 11) is 3.78. The van der Waals surface area contributed by atoms with Crippen molar-refractivity contribution in [2.24, 2.45) is 5.92 Å². The molecule has 0 aromatic heterocycles. The number of benzene rings is 1. The molecule has 4 heteroatoms. The van der Waals surface area contributed by atoms with Gasteiger partial charge in [0.25, 0.3) is 0 Å². The molecule has 1 fully saturated rings. The third-order valence-corrected chi connectivity index (χ3v) is 5.17. The van der Waals surface area contributed by atoms with Crippen LogP contribution >= 0.6 is 15.9 Å². The lowest BCUT2D eigenvalue weighted by Gasteiger charge is -2.44. The number of hydrogen-bond acceptors (Lipinski definition) is 3. The summed E-state index contributed by atoms with van der Waals surface area (Å²) in [6.07, 6.45) is 2.56. The Bertz CT molecular complexity index is 462. The highest BCUT2D eigenvalue weighted by molar-refractivity contribution is 9.10. The van der Waals surface area contributed by atoms with Gasteiger partial charge in [0.2, 0.25) is 0 Å². The second-order valence-electron chi connectivity index (χ2n) is 6.12. The third-order valence-electron chi connectivity index (χ3n) is 4.45. The van der Waals surface area contributed by atoms with Crippen LogP contribution in [-0.2, 0) is 0 Å². The van der Waals surface area contributed by atoms with Crippen LogP contribution in [-0.4, -0.2) is 38.2 Å². The second kappa shape index (κ2) is 7.61. The minimum absolute atomic E-state index is 0.440. The predicted octanol–water partition coefficient (Wildman–Crippen LogP) is 3.84. The second-order valence-corrected chi connectivity index (χ2v) is 6.98. The first kappa shape index (κ1) is 16.8. The molecule has 21 heavy (non-hydrogen) atoms. The van der Waals surface area contributed by atoms with Crippen LogP contribution in [0.3, 0.4) is 0 Å². The van der Waals surface area contributed by atoms with Crippen molar-refractivity contribution in [1.82, 2.24) is 10.2 Å². The fraction of sp³-hybridized carbons (Fsp3) is 0.647. The molecule has 2 unspecified atom stereocenters. The van der Waals surface area contributed by atoms with Crippen LogP contribution in [0.1, 0.15) is 38.3 Å². The molecular weight excluding hydrogens is 328 g/mol. The van der Waals surface area contributed by atoms with Gasteiger partial charge in [0, 0.05) is 16.6 Å². The van der Waals surface area contributed by atoms with Crippen molar-refractivity contribution in [3.8, 4) is 5.75 Å². The van der Waals surface area contributed by atoms with E-state index in [4.69, 9.17) is 4.74 Å². The van der Waals surface area contributed by atoms with E-state index >= 15 is 0 Å². The summed E-state index contributed by atoms with van der Waals surface area (Å²) in [5.74, 6) is 1.57. The fourth-order valence-corrected chi connectivity index (χ4v) is 3.95. The lowest BCUT2D eigenvalue weighted by molar-refractivity contribution is 0.0630. The maximum absolute atomic E-state index is 5.44. The molecule has 2 atom stereocenters. The Morgan fingerprint density at radius 1 is 1.43 bits per heavy atom. The topological polar surface area (TPSA) is 24.5 Å². The number of halogens is 1. The van der Waals surface area contributed by atoms with Gasteiger partial charge in [-0.25, -0.2) is 0 Å². The average Bonchev–Trinajstić information content (AvgIpc) is 2.48. The van der Waals surface area contributed by atoms with Gasteiger partial charge in [-0.3, -0.25) is 4.90 Å². The highest BCUT2D eigenvalue weighted by Gasteiger charge is 2.34. The van der Waals surface area contributed by atoms with Crippen LogP contribution in [0.5, 0.6) is 5.75 Å². The molecule has 1 aromatic carbocycles. The minimum Gasteiger partial charge on any atom is -0.497 e. The van der Waals surface area contributed by atoms with Crippen LogP contribution in [0.2, 0.25) is 0 Å². The number of nitrogens with zero attached hydrogens (tertiary/aromatic N) is 1. The first-order chi connectivity index (χ1) is 10.1. The zero-order valence-electron chi connectivity index (χ0n) is 13.5. The molecule has 3 nitrogen and oxygen atoms in total. The molecule has 1 N–H and O–H groups in total. The Morgan fingerprint density at radius 3 is 2.81 bits per heavy atom. The third kappa shape index (κ3) is 3.79. The summed E-state index contributed by atoms with van der Waals surface area (Å²) in [5, 5.41) is 3.37. The molecule has 0 saturated carbocycles. The number of nitrogens with one attached hydrogen (secondary N) is 1. The lowest BCUT2D eigenvalue weighted by atomic mass is 9.83. The Balaban J connectivity index is 2.41. The Labute approximate surface area is 137 Å². The van der Waals surface area contributed by atoms with E-state index < -0.39 is 0 Å². The largest absolute Gasteiger partial charge is 0.497 e. The number of rotatable bonds is 5. The van der Waals surface area contributed by atoms with Gasteiger partial charge >= 0.3 is 0 Å². The average molecular weight is 355 g/mol. The van der Waals surface area contributed by atoms with E-state index in [1.54, 1.807) is 7.11 Å². The summed E-state index contributed by atoms with van der Waals surface area (Å²) in [5.41, 5.74) is 1.35. The van der Waals surface area contributed by atoms with Crippen LogP contribution in [0.25, 0.3) is 0 Å². The van der Waals surface area contributed by atoms with Crippen LogP contribution in [0, 0.1) is 5.92 Å². The summed E-state index contributed by atoms with van der Waals surface area (Å²) < 4.78 is 6.62. The van der Waals surface area contributed by atoms with Crippen molar-refractivity contribution in [3.63, 3.8) is 0 Å². The normalized spacial score (nSPS) is 23.5. The van der Waals surface area contributed by atoms with E-state index in [1.807, 2.05) is 13.1 Å². The number of piperidine rings is 1. The highest BCUT2D eigenvalue weighted by atomic mass is 79.9. The van der Waals surface area contributed by atoms with Crippen molar-refractivity contribution in [2.75, 3.05) is 27.2 Å². The SMILES string of the molecule is CNCC1CCCN(C(C)C)C1c1cc(OC)ccc1Br. The molecule has 1 aliphatic rings. The molecule has 118 valence electrons. The molecule has 1 aromatic rings. The van der Waals surface area contributed by atoms with Gasteiger partial charge < -0.3 is 10.1 Å². The molecule has 1 aliphatic heterocycles. The van der Waals surface area contributed by atoms with Gasteiger partial charge in [0.05, 0.1) is 7.11 Å². The monoisotopic (exact) mass is 354 g/mol. The maximum atomic E-state index is 5.44. The summed E-state index contributed by atoms with van der Waals surface area (Å²) >= 11 is 3.75. The molecular formula is C17H27BrN2O. The van der Waals surface area contributed by atoms with E-state index in [0.29, 0.717) is 18.0 Å². The Morgan fingerprint density at radius 2 is 2.19 bits per heavy atom. The van der Waals surface area contributed by atoms with E-state index in [-0.39, 0.29) is 0 Å². The lowest BCUT2D eigenvalue weighted by Crippen LogP contribution is -2.45. The van der Waals surface area contributed by atoms with Gasteiger partial charge in [-0.1, -0.05) is 15.9 Å². The van der Waals surface area contributed by atoms with Gasteiger partial charge in [-0.15, -0.1) is 0 Å². The van der Waals surface area contributed by atoms with Crippen LogP contribution in [0.15, 0.2) is 22.7 Å². The Hall–Kier alpha value is -0.580. The van der Waals surface area contributed by atoms with E-state index in [9.17, 15) is 0 Å². The van der Waals surface area contributed by atoms with E-state index in [2.05, 4.69) is 52.1 Å². The maximum Gasteiger partial charge on any atom is 0.119 e. The zero-order chi connectivity index (χ0) is 15.4. The van der Waals surface area contributed by atoms with E-state index in [0.717, 1.165) is 12.3 Å². The Kier molecular flexibility index (Phi) is 6.08. The molecule has 0 amide bonds. The molecule has 1 heterocycles. The van der Waals surface area contributed by atoms with Gasteiger partial charge in [0.1, 0.15) is 5.75 Å². The predicted molar refractivity (Wildman–Crippen MR) is 91.9 cm³/mol. The first-order valence-corrected chi connectivity index (χ1v) is 8.61. The number of methoxy groups -OCH3 is 1. The molecule has 2 rings (SSSR count). The molecule has 1 saturated heterocycles. The molecule has 0 bridgehead atoms. The summed E-state index contributed by atoms with van der Waals surface area (Å²) in [6.45, 7) is 6.81. The zero-order valence-corrected chi connectivity index (χ0v) is 15.1. The fourth-order valence-electron chi connectivity index (χ4n) is 3.47. The highest BCUT2D eigenvalue weighted by Crippen LogP contribution is 2.41. The van der Waals surface area contributed by atoms with Crippen molar-refractivity contribution in [1.29, 1.82) is 0 Å². The van der Waals surface area contributed by atoms with Crippen molar-refractivity contribution in [2.45, 2.75) is 38.8 Å². The molecule has 0 radical (unpaired) electrons. The van der Waals surface area contributed by atoms with Crippen molar-refractivity contribution < 1.29 is 4.74 Å². The number of hydrogen-bond donors (Lipinski definition) is 1. The van der Waals surface area contributed by atoms with Crippen LogP contribution < -0.4 is 10.1 Å². The van der Waals surface area contributed by atoms with Crippen LogP contribution in [0.4, 0.5) is 0 Å². The van der Waals surface area contributed by atoms with Gasteiger partial charge in [-0.05, 0) is 76.5 Å². The number of ether oxygens (including phenoxy) is 1. The van der Waals surface area contributed by atoms with Crippen molar-refractivity contribution >= 4 is 15.9 Å². The van der Waals surface area contributed by atoms with Gasteiger partial charge in [0.15, 0.2) is 0 Å². The van der Waals surface area contributed by atoms with E-state index in [1.165, 1.54) is 29.4 Å².